The summed E-state index contributed by atoms with van der Waals surface area (Å²) in [6.07, 6.45) is -3.02. The Morgan fingerprint density at radius 3 is 2.60 bits per heavy atom. The van der Waals surface area contributed by atoms with Gasteiger partial charge in [-0.15, -0.1) is 0 Å². The Morgan fingerprint density at radius 1 is 1.55 bits per heavy atom. The molecule has 0 aromatic heterocycles. The van der Waals surface area contributed by atoms with Crippen molar-refractivity contribution >= 4 is 27.6 Å². The summed E-state index contributed by atoms with van der Waals surface area (Å²) in [5, 5.41) is 30.0. The quantitative estimate of drug-likeness (QED) is 0.358. The summed E-state index contributed by atoms with van der Waals surface area (Å²) in [5.41, 5.74) is -1.76. The van der Waals surface area contributed by atoms with Crippen LogP contribution in [0.3, 0.4) is 0 Å². The number of methoxy groups -OCH3 is 1. The first-order chi connectivity index (χ1) is 9.33. The molecule has 0 aliphatic carbocycles. The largest absolute Gasteiger partial charge is 0.465 e. The zero-order valence-corrected chi connectivity index (χ0v) is 11.8. The number of alkyl halides is 1. The van der Waals surface area contributed by atoms with Crippen molar-refractivity contribution in [3.05, 3.63) is 39.2 Å². The fraction of sp³-hybridized carbons (Fsp3) is 0.364. The van der Waals surface area contributed by atoms with Crippen molar-refractivity contribution in [2.45, 2.75) is 12.2 Å². The number of nitro groups is 1. The van der Waals surface area contributed by atoms with Gasteiger partial charge in [-0.25, -0.2) is 9.18 Å². The van der Waals surface area contributed by atoms with Gasteiger partial charge in [0.2, 0.25) is 0 Å². The number of aliphatic hydroxyl groups is 2. The number of nitro benzene ring substituents is 1. The number of ether oxygens (including phenoxy) is 1. The van der Waals surface area contributed by atoms with Crippen LogP contribution in [0.2, 0.25) is 0 Å². The molecule has 110 valence electrons. The minimum absolute atomic E-state index is 0.0554. The van der Waals surface area contributed by atoms with Gasteiger partial charge in [-0.2, -0.15) is 0 Å². The molecule has 1 aromatic rings. The first kappa shape index (κ1) is 16.5. The molecule has 0 radical (unpaired) electrons. The second-order valence-corrected chi connectivity index (χ2v) is 4.45. The molecule has 0 aliphatic rings. The number of halogens is 2. The van der Waals surface area contributed by atoms with Gasteiger partial charge in [-0.1, -0.05) is 15.9 Å². The molecule has 0 spiro atoms. The van der Waals surface area contributed by atoms with E-state index in [1.807, 2.05) is 0 Å². The van der Waals surface area contributed by atoms with E-state index in [-0.39, 0.29) is 5.33 Å². The van der Waals surface area contributed by atoms with E-state index in [0.717, 1.165) is 7.11 Å². The Bertz CT molecular complexity index is 538. The molecule has 0 saturated heterocycles. The van der Waals surface area contributed by atoms with E-state index < -0.39 is 45.7 Å². The monoisotopic (exact) mass is 351 g/mol. The maximum Gasteiger partial charge on any atom is 0.344 e. The molecule has 0 bridgehead atoms. The number of nitrogens with zero attached hydrogens (tertiary/aromatic N) is 1. The minimum atomic E-state index is -1.67. The fourth-order valence-corrected chi connectivity index (χ4v) is 1.87. The molecule has 0 saturated carbocycles. The summed E-state index contributed by atoms with van der Waals surface area (Å²) in [7, 11) is 1.00. The van der Waals surface area contributed by atoms with Gasteiger partial charge in [-0.3, -0.25) is 10.1 Å². The Balaban J connectivity index is 3.41. The van der Waals surface area contributed by atoms with Gasteiger partial charge in [-0.05, 0) is 6.07 Å². The first-order valence-corrected chi connectivity index (χ1v) is 6.43. The molecule has 1 aromatic carbocycles. The highest BCUT2D eigenvalue weighted by Gasteiger charge is 2.28. The van der Waals surface area contributed by atoms with Crippen molar-refractivity contribution in [3.63, 3.8) is 0 Å². The second kappa shape index (κ2) is 6.73. The van der Waals surface area contributed by atoms with Crippen molar-refractivity contribution in [3.8, 4) is 0 Å². The summed E-state index contributed by atoms with van der Waals surface area (Å²) < 4.78 is 18.1. The van der Waals surface area contributed by atoms with E-state index in [1.165, 1.54) is 0 Å². The molecule has 2 unspecified atom stereocenters. The third-order valence-corrected chi connectivity index (χ3v) is 3.22. The molecular weight excluding hydrogens is 341 g/mol. The van der Waals surface area contributed by atoms with E-state index >= 15 is 0 Å². The van der Waals surface area contributed by atoms with Gasteiger partial charge in [0.15, 0.2) is 0 Å². The van der Waals surface area contributed by atoms with Crippen LogP contribution in [0.1, 0.15) is 22.0 Å². The van der Waals surface area contributed by atoms with Crippen LogP contribution in [0, 0.1) is 15.9 Å². The van der Waals surface area contributed by atoms with E-state index in [2.05, 4.69) is 20.7 Å². The maximum absolute atomic E-state index is 13.8. The highest BCUT2D eigenvalue weighted by Crippen LogP contribution is 2.29. The Morgan fingerprint density at radius 2 is 2.15 bits per heavy atom. The number of hydrogen-bond donors (Lipinski definition) is 2. The number of carbonyl (C=O) groups is 1. The minimum Gasteiger partial charge on any atom is -0.465 e. The van der Waals surface area contributed by atoms with Crippen LogP contribution in [-0.4, -0.2) is 39.6 Å². The van der Waals surface area contributed by atoms with Gasteiger partial charge in [0.25, 0.3) is 5.69 Å². The Labute approximate surface area is 121 Å². The topological polar surface area (TPSA) is 110 Å². The van der Waals surface area contributed by atoms with Crippen LogP contribution in [0.25, 0.3) is 0 Å². The van der Waals surface area contributed by atoms with Crippen LogP contribution < -0.4 is 0 Å². The zero-order valence-electron chi connectivity index (χ0n) is 10.2. The van der Waals surface area contributed by atoms with Crippen LogP contribution in [0.4, 0.5) is 10.1 Å². The summed E-state index contributed by atoms with van der Waals surface area (Å²) in [5.74, 6) is -2.12. The Hall–Kier alpha value is -1.58. The molecule has 1 rings (SSSR count). The SMILES string of the molecule is COC(=O)c1cc(F)c(C(O)C(O)CBr)cc1[N+](=O)[O-]. The lowest BCUT2D eigenvalue weighted by molar-refractivity contribution is -0.385. The number of aliphatic hydroxyl groups excluding tert-OH is 2. The number of rotatable bonds is 5. The molecule has 2 N–H and O–H groups in total. The lowest BCUT2D eigenvalue weighted by Gasteiger charge is -2.16. The van der Waals surface area contributed by atoms with Crippen LogP contribution in [0.15, 0.2) is 12.1 Å². The number of hydrogen-bond acceptors (Lipinski definition) is 6. The molecule has 2 atom stereocenters. The van der Waals surface area contributed by atoms with E-state index in [9.17, 15) is 29.5 Å². The molecule has 9 heteroatoms. The third kappa shape index (κ3) is 3.30. The second-order valence-electron chi connectivity index (χ2n) is 3.81. The third-order valence-electron chi connectivity index (χ3n) is 2.56. The van der Waals surface area contributed by atoms with Crippen molar-refractivity contribution in [2.75, 3.05) is 12.4 Å². The van der Waals surface area contributed by atoms with Crippen LogP contribution in [-0.2, 0) is 4.74 Å². The highest BCUT2D eigenvalue weighted by atomic mass is 79.9. The summed E-state index contributed by atoms with van der Waals surface area (Å²) in [6.45, 7) is 0. The molecule has 0 aliphatic heterocycles. The summed E-state index contributed by atoms with van der Waals surface area (Å²) in [6, 6.07) is 1.31. The zero-order chi connectivity index (χ0) is 15.4. The average Bonchev–Trinajstić information content (AvgIpc) is 2.44. The van der Waals surface area contributed by atoms with Gasteiger partial charge in [0.1, 0.15) is 17.5 Å². The van der Waals surface area contributed by atoms with Crippen molar-refractivity contribution in [1.29, 1.82) is 0 Å². The first-order valence-electron chi connectivity index (χ1n) is 5.31. The maximum atomic E-state index is 13.8. The van der Waals surface area contributed by atoms with Crippen LogP contribution >= 0.6 is 15.9 Å². The molecule has 0 amide bonds. The van der Waals surface area contributed by atoms with E-state index in [1.54, 1.807) is 0 Å². The van der Waals surface area contributed by atoms with Crippen molar-refractivity contribution in [1.82, 2.24) is 0 Å². The highest BCUT2D eigenvalue weighted by molar-refractivity contribution is 9.09. The Kier molecular flexibility index (Phi) is 5.54. The number of esters is 1. The van der Waals surface area contributed by atoms with Crippen LogP contribution in [0.5, 0.6) is 0 Å². The molecular formula is C11H11BrFNO6. The van der Waals surface area contributed by atoms with E-state index in [0.29, 0.717) is 12.1 Å². The summed E-state index contributed by atoms with van der Waals surface area (Å²) >= 11 is 2.89. The lowest BCUT2D eigenvalue weighted by atomic mass is 10.0. The smallest absolute Gasteiger partial charge is 0.344 e. The number of benzene rings is 1. The van der Waals surface area contributed by atoms with Gasteiger partial charge < -0.3 is 14.9 Å². The number of carbonyl (C=O) groups excluding carboxylic acids is 1. The predicted octanol–water partition coefficient (Wildman–Crippen LogP) is 1.31. The van der Waals surface area contributed by atoms with Gasteiger partial charge in [0.05, 0.1) is 18.1 Å². The van der Waals surface area contributed by atoms with Gasteiger partial charge >= 0.3 is 5.97 Å². The van der Waals surface area contributed by atoms with Crippen molar-refractivity contribution < 1.29 is 29.1 Å². The predicted molar refractivity (Wildman–Crippen MR) is 69.2 cm³/mol. The standard InChI is InChI=1S/C11H11BrFNO6/c1-20-11(17)6-2-7(13)5(3-8(6)14(18)19)10(16)9(15)4-12/h2-3,9-10,15-16H,4H2,1H3. The van der Waals surface area contributed by atoms with E-state index in [4.69, 9.17) is 0 Å². The van der Waals surface area contributed by atoms with Gasteiger partial charge in [0, 0.05) is 17.0 Å². The lowest BCUT2D eigenvalue weighted by Crippen LogP contribution is -2.21. The summed E-state index contributed by atoms with van der Waals surface area (Å²) in [4.78, 5) is 21.3. The molecule has 0 fully saturated rings. The fourth-order valence-electron chi connectivity index (χ4n) is 1.52. The average molecular weight is 352 g/mol. The molecule has 20 heavy (non-hydrogen) atoms. The van der Waals surface area contributed by atoms with Crippen molar-refractivity contribution in [2.24, 2.45) is 0 Å². The molecule has 0 heterocycles. The normalized spacial score (nSPS) is 13.7. The molecule has 7 nitrogen and oxygen atoms in total.